The van der Waals surface area contributed by atoms with Crippen molar-refractivity contribution >= 4 is 17.4 Å². The molecule has 0 saturated heterocycles. The molecule has 2 aromatic carbocycles. The smallest absolute Gasteiger partial charge is 0.272 e. The summed E-state index contributed by atoms with van der Waals surface area (Å²) < 4.78 is 5.14. The third-order valence-corrected chi connectivity index (χ3v) is 4.96. The highest BCUT2D eigenvalue weighted by Crippen LogP contribution is 2.34. The molecule has 0 bridgehead atoms. The molecule has 142 valence electrons. The summed E-state index contributed by atoms with van der Waals surface area (Å²) in [5, 5.41) is 21.0. The lowest BCUT2D eigenvalue weighted by Gasteiger charge is -2.07. The van der Waals surface area contributed by atoms with E-state index in [1.807, 2.05) is 30.3 Å². The van der Waals surface area contributed by atoms with Crippen LogP contribution < -0.4 is 10.1 Å². The zero-order chi connectivity index (χ0) is 19.7. The molecule has 1 unspecified atom stereocenters. The molecule has 1 atom stereocenters. The zero-order valence-electron chi connectivity index (χ0n) is 15.1. The first-order chi connectivity index (χ1) is 13.5. The molecule has 1 aliphatic carbocycles. The highest BCUT2D eigenvalue weighted by atomic mass is 16.6. The fourth-order valence-corrected chi connectivity index (χ4v) is 3.52. The predicted octanol–water partition coefficient (Wildman–Crippen LogP) is 3.35. The Morgan fingerprint density at radius 3 is 2.75 bits per heavy atom. The number of nitrogens with zero attached hydrogens (tertiary/aromatic N) is 2. The average Bonchev–Trinajstić information content (AvgIpc) is 3.34. The molecule has 0 saturated carbocycles. The number of H-pyrrole nitrogens is 1. The van der Waals surface area contributed by atoms with E-state index in [2.05, 4.69) is 15.5 Å². The van der Waals surface area contributed by atoms with Crippen LogP contribution in [0.2, 0.25) is 0 Å². The van der Waals surface area contributed by atoms with Crippen LogP contribution in [-0.2, 0) is 17.6 Å². The van der Waals surface area contributed by atoms with Crippen LogP contribution in [0.25, 0.3) is 11.3 Å². The minimum atomic E-state index is -0.395. The second-order valence-corrected chi connectivity index (χ2v) is 6.66. The molecular weight excluding hydrogens is 360 g/mol. The van der Waals surface area contributed by atoms with Crippen molar-refractivity contribution in [1.29, 1.82) is 0 Å². The zero-order valence-corrected chi connectivity index (χ0v) is 15.1. The molecule has 0 aliphatic heterocycles. The van der Waals surface area contributed by atoms with E-state index in [9.17, 15) is 14.9 Å². The largest absolute Gasteiger partial charge is 0.497 e. The van der Waals surface area contributed by atoms with Crippen LogP contribution in [-0.4, -0.2) is 28.1 Å². The molecule has 4 rings (SSSR count). The van der Waals surface area contributed by atoms with Gasteiger partial charge in [0, 0.05) is 23.6 Å². The van der Waals surface area contributed by atoms with Crippen molar-refractivity contribution in [1.82, 2.24) is 10.2 Å². The Hall–Kier alpha value is -3.68. The lowest BCUT2D eigenvalue weighted by atomic mass is 10.1. The number of nitro groups is 1. The highest BCUT2D eigenvalue weighted by molar-refractivity contribution is 5.93. The first kappa shape index (κ1) is 17.7. The van der Waals surface area contributed by atoms with Gasteiger partial charge in [-0.1, -0.05) is 12.1 Å². The van der Waals surface area contributed by atoms with Crippen molar-refractivity contribution < 1.29 is 14.5 Å². The Bertz CT molecular complexity index is 1040. The fraction of sp³-hybridized carbons (Fsp3) is 0.200. The van der Waals surface area contributed by atoms with Crippen molar-refractivity contribution in [3.63, 3.8) is 0 Å². The number of nitro benzene ring substituents is 1. The van der Waals surface area contributed by atoms with Gasteiger partial charge in [-0.2, -0.15) is 5.10 Å². The molecule has 0 fully saturated rings. The third kappa shape index (κ3) is 3.32. The molecule has 0 radical (unpaired) electrons. The summed E-state index contributed by atoms with van der Waals surface area (Å²) in [5.74, 6) is 0.628. The average molecular weight is 378 g/mol. The first-order valence-electron chi connectivity index (χ1n) is 8.81. The van der Waals surface area contributed by atoms with Gasteiger partial charge in [-0.25, -0.2) is 0 Å². The number of amides is 1. The number of hydrogen-bond donors (Lipinski definition) is 2. The molecule has 0 spiro atoms. The highest BCUT2D eigenvalue weighted by Gasteiger charge is 2.32. The van der Waals surface area contributed by atoms with Gasteiger partial charge in [-0.3, -0.25) is 20.0 Å². The van der Waals surface area contributed by atoms with Crippen LogP contribution >= 0.6 is 0 Å². The van der Waals surface area contributed by atoms with Gasteiger partial charge in [0.05, 0.1) is 17.7 Å². The third-order valence-electron chi connectivity index (χ3n) is 4.96. The van der Waals surface area contributed by atoms with Gasteiger partial charge >= 0.3 is 0 Å². The number of benzene rings is 2. The SMILES string of the molecule is COc1ccc(-c2cc(NC(=O)C3Cc4cccc([N+](=O)[O-])c4C3)n[nH]2)cc1. The standard InChI is InChI=1S/C20H18N4O4/c1-28-15-7-5-12(6-8-15)17-11-19(23-22-17)21-20(25)14-9-13-3-2-4-18(24(26)27)16(13)10-14/h2-8,11,14H,9-10H2,1H3,(H2,21,22,23,25). The van der Waals surface area contributed by atoms with Crippen molar-refractivity contribution in [3.8, 4) is 17.0 Å². The maximum atomic E-state index is 12.6. The summed E-state index contributed by atoms with van der Waals surface area (Å²) in [4.78, 5) is 23.4. The van der Waals surface area contributed by atoms with Gasteiger partial charge in [-0.05, 0) is 48.2 Å². The Balaban J connectivity index is 1.45. The van der Waals surface area contributed by atoms with Gasteiger partial charge < -0.3 is 10.1 Å². The summed E-state index contributed by atoms with van der Waals surface area (Å²) in [5.41, 5.74) is 3.26. The first-order valence-corrected chi connectivity index (χ1v) is 8.81. The number of fused-ring (bicyclic) bond motifs is 1. The molecular formula is C20H18N4O4. The number of methoxy groups -OCH3 is 1. The Labute approximate surface area is 160 Å². The number of rotatable bonds is 5. The summed E-state index contributed by atoms with van der Waals surface area (Å²) in [6.07, 6.45) is 0.840. The molecule has 1 amide bonds. The van der Waals surface area contributed by atoms with Gasteiger partial charge in [-0.15, -0.1) is 0 Å². The van der Waals surface area contributed by atoms with E-state index >= 15 is 0 Å². The number of hydrogen-bond acceptors (Lipinski definition) is 5. The number of nitrogens with one attached hydrogen (secondary N) is 2. The van der Waals surface area contributed by atoms with E-state index in [-0.39, 0.29) is 17.5 Å². The molecule has 28 heavy (non-hydrogen) atoms. The van der Waals surface area contributed by atoms with Gasteiger partial charge in [0.1, 0.15) is 5.75 Å². The maximum absolute atomic E-state index is 12.6. The minimum absolute atomic E-state index is 0.0781. The number of aromatic nitrogens is 2. The number of aromatic amines is 1. The second-order valence-electron chi connectivity index (χ2n) is 6.66. The number of carbonyl (C=O) groups excluding carboxylic acids is 1. The van der Waals surface area contributed by atoms with Crippen LogP contribution in [0.5, 0.6) is 5.75 Å². The lowest BCUT2D eigenvalue weighted by molar-refractivity contribution is -0.385. The number of anilines is 1. The lowest BCUT2D eigenvalue weighted by Crippen LogP contribution is -2.23. The molecule has 1 aliphatic rings. The van der Waals surface area contributed by atoms with Crippen LogP contribution in [0.4, 0.5) is 11.5 Å². The Morgan fingerprint density at radius 2 is 2.04 bits per heavy atom. The van der Waals surface area contributed by atoms with E-state index in [0.29, 0.717) is 24.2 Å². The minimum Gasteiger partial charge on any atom is -0.497 e. The molecule has 8 heteroatoms. The van der Waals surface area contributed by atoms with Crippen molar-refractivity contribution in [3.05, 3.63) is 69.8 Å². The van der Waals surface area contributed by atoms with Gasteiger partial charge in [0.25, 0.3) is 5.69 Å². The van der Waals surface area contributed by atoms with Crippen LogP contribution in [0, 0.1) is 16.0 Å². The summed E-state index contributed by atoms with van der Waals surface area (Å²) >= 11 is 0. The van der Waals surface area contributed by atoms with Crippen LogP contribution in [0.3, 0.4) is 0 Å². The normalized spacial score (nSPS) is 15.1. The van der Waals surface area contributed by atoms with E-state index in [1.165, 1.54) is 6.07 Å². The van der Waals surface area contributed by atoms with Crippen LogP contribution in [0.15, 0.2) is 48.5 Å². The summed E-state index contributed by atoms with van der Waals surface area (Å²) in [7, 11) is 1.61. The second kappa shape index (κ2) is 7.15. The van der Waals surface area contributed by atoms with Gasteiger partial charge in [0.15, 0.2) is 5.82 Å². The van der Waals surface area contributed by atoms with Crippen molar-refractivity contribution in [2.24, 2.45) is 5.92 Å². The van der Waals surface area contributed by atoms with E-state index in [0.717, 1.165) is 22.6 Å². The van der Waals surface area contributed by atoms with E-state index in [1.54, 1.807) is 19.2 Å². The molecule has 1 heterocycles. The summed E-state index contributed by atoms with van der Waals surface area (Å²) in [6, 6.07) is 14.2. The van der Waals surface area contributed by atoms with Crippen molar-refractivity contribution in [2.75, 3.05) is 12.4 Å². The van der Waals surface area contributed by atoms with Crippen LogP contribution in [0.1, 0.15) is 11.1 Å². The number of carbonyl (C=O) groups is 1. The topological polar surface area (TPSA) is 110 Å². The fourth-order valence-electron chi connectivity index (χ4n) is 3.52. The Kier molecular flexibility index (Phi) is 4.52. The quantitative estimate of drug-likeness (QED) is 0.523. The molecule has 1 aromatic heterocycles. The van der Waals surface area contributed by atoms with E-state index in [4.69, 9.17) is 4.74 Å². The van der Waals surface area contributed by atoms with E-state index < -0.39 is 4.92 Å². The predicted molar refractivity (Wildman–Crippen MR) is 103 cm³/mol. The van der Waals surface area contributed by atoms with Crippen molar-refractivity contribution in [2.45, 2.75) is 12.8 Å². The molecule has 2 N–H and O–H groups in total. The molecule has 3 aromatic rings. The molecule has 8 nitrogen and oxygen atoms in total. The summed E-state index contributed by atoms with van der Waals surface area (Å²) in [6.45, 7) is 0. The monoisotopic (exact) mass is 378 g/mol. The van der Waals surface area contributed by atoms with Gasteiger partial charge in [0.2, 0.25) is 5.91 Å². The Morgan fingerprint density at radius 1 is 1.25 bits per heavy atom. The number of ether oxygens (including phenoxy) is 1. The maximum Gasteiger partial charge on any atom is 0.272 e.